The van der Waals surface area contributed by atoms with Crippen molar-refractivity contribution in [3.05, 3.63) is 0 Å². The Morgan fingerprint density at radius 1 is 1.50 bits per heavy atom. The fourth-order valence-corrected chi connectivity index (χ4v) is 1.89. The van der Waals surface area contributed by atoms with Crippen molar-refractivity contribution in [2.75, 3.05) is 33.2 Å². The number of carboxylic acids is 1. The van der Waals surface area contributed by atoms with Gasteiger partial charge in [0.1, 0.15) is 6.04 Å². The van der Waals surface area contributed by atoms with Crippen LogP contribution in [0, 0.1) is 0 Å². The van der Waals surface area contributed by atoms with Crippen LogP contribution < -0.4 is 5.32 Å². The first-order valence-corrected chi connectivity index (χ1v) is 6.09. The summed E-state index contributed by atoms with van der Waals surface area (Å²) < 4.78 is 0. The number of hydrogen-bond donors (Lipinski definition) is 3. The van der Waals surface area contributed by atoms with Gasteiger partial charge >= 0.3 is 12.0 Å². The van der Waals surface area contributed by atoms with Crippen LogP contribution in [-0.4, -0.2) is 77.4 Å². The third kappa shape index (κ3) is 3.85. The maximum atomic E-state index is 11.8. The van der Waals surface area contributed by atoms with E-state index < -0.39 is 24.1 Å². The first-order chi connectivity index (χ1) is 8.45. The first-order valence-electron chi connectivity index (χ1n) is 6.09. The highest BCUT2D eigenvalue weighted by molar-refractivity contribution is 5.83. The molecule has 7 nitrogen and oxygen atoms in total. The lowest BCUT2D eigenvalue weighted by atomic mass is 10.2. The molecule has 0 bridgehead atoms. The number of β-amino-alcohol motifs (C(OH)–C–C–N with tert-alkyl or cyclic N) is 1. The predicted octanol–water partition coefficient (Wildman–Crippen LogP) is -0.832. The fraction of sp³-hybridized carbons (Fsp3) is 0.818. The van der Waals surface area contributed by atoms with Gasteiger partial charge in [-0.3, -0.25) is 0 Å². The number of nitrogens with zero attached hydrogens (tertiary/aromatic N) is 2. The zero-order chi connectivity index (χ0) is 13.7. The van der Waals surface area contributed by atoms with Crippen molar-refractivity contribution >= 4 is 12.0 Å². The highest BCUT2D eigenvalue weighted by atomic mass is 16.4. The molecular weight excluding hydrogens is 238 g/mol. The highest BCUT2D eigenvalue weighted by Gasteiger charge is 2.38. The number of carboxylic acid groups (broad SMARTS) is 1. The molecule has 1 aliphatic heterocycles. The second-order valence-corrected chi connectivity index (χ2v) is 4.52. The smallest absolute Gasteiger partial charge is 0.326 e. The number of carbonyl (C=O) groups excluding carboxylic acids is 1. The summed E-state index contributed by atoms with van der Waals surface area (Å²) in [5.74, 6) is -1.08. The molecule has 0 aromatic rings. The van der Waals surface area contributed by atoms with Gasteiger partial charge in [0.15, 0.2) is 0 Å². The minimum Gasteiger partial charge on any atom is -0.480 e. The van der Waals surface area contributed by atoms with Crippen LogP contribution in [0.3, 0.4) is 0 Å². The summed E-state index contributed by atoms with van der Waals surface area (Å²) >= 11 is 0. The standard InChI is InChI=1S/C11H21N3O4/c1-3-13(2)5-4-12-11(18)14-7-8(15)6-9(14)10(16)17/h8-9,15H,3-7H2,1-2H3,(H,12,18)(H,16,17)/t8-,9-/m1/s1. The molecule has 1 fully saturated rings. The quantitative estimate of drug-likeness (QED) is 0.599. The zero-order valence-corrected chi connectivity index (χ0v) is 10.8. The summed E-state index contributed by atoms with van der Waals surface area (Å²) in [5.41, 5.74) is 0. The number of nitrogens with one attached hydrogen (secondary N) is 1. The number of likely N-dealkylation sites (N-methyl/N-ethyl adjacent to an activating group) is 1. The second kappa shape index (κ2) is 6.55. The van der Waals surface area contributed by atoms with Crippen molar-refractivity contribution in [3.8, 4) is 0 Å². The van der Waals surface area contributed by atoms with Gasteiger partial charge in [0.25, 0.3) is 0 Å². The van der Waals surface area contributed by atoms with E-state index in [2.05, 4.69) is 5.32 Å². The van der Waals surface area contributed by atoms with Gasteiger partial charge in [-0.05, 0) is 13.6 Å². The minimum atomic E-state index is -1.08. The average molecular weight is 259 g/mol. The summed E-state index contributed by atoms with van der Waals surface area (Å²) in [6.07, 6.45) is -0.660. The summed E-state index contributed by atoms with van der Waals surface area (Å²) in [6.45, 7) is 4.14. The summed E-state index contributed by atoms with van der Waals surface area (Å²) in [4.78, 5) is 26.0. The topological polar surface area (TPSA) is 93.1 Å². The minimum absolute atomic E-state index is 0.0758. The van der Waals surface area contributed by atoms with E-state index in [1.165, 1.54) is 4.90 Å². The number of aliphatic hydroxyl groups is 1. The van der Waals surface area contributed by atoms with Gasteiger partial charge in [-0.2, -0.15) is 0 Å². The van der Waals surface area contributed by atoms with E-state index in [4.69, 9.17) is 5.11 Å². The number of carbonyl (C=O) groups is 2. The van der Waals surface area contributed by atoms with Gasteiger partial charge in [0.2, 0.25) is 0 Å². The molecule has 0 unspecified atom stereocenters. The third-order valence-electron chi connectivity index (χ3n) is 3.13. The van der Waals surface area contributed by atoms with Crippen LogP contribution in [0.4, 0.5) is 4.79 Å². The van der Waals surface area contributed by atoms with Crippen LogP contribution in [0.5, 0.6) is 0 Å². The molecule has 0 aromatic carbocycles. The van der Waals surface area contributed by atoms with E-state index in [-0.39, 0.29) is 13.0 Å². The summed E-state index contributed by atoms with van der Waals surface area (Å²) in [6, 6.07) is -1.35. The second-order valence-electron chi connectivity index (χ2n) is 4.52. The molecule has 1 rings (SSSR count). The molecule has 7 heteroatoms. The van der Waals surface area contributed by atoms with Crippen LogP contribution >= 0.6 is 0 Å². The van der Waals surface area contributed by atoms with E-state index in [1.54, 1.807) is 0 Å². The van der Waals surface area contributed by atoms with E-state index >= 15 is 0 Å². The van der Waals surface area contributed by atoms with E-state index in [1.807, 2.05) is 18.9 Å². The fourth-order valence-electron chi connectivity index (χ4n) is 1.89. The third-order valence-corrected chi connectivity index (χ3v) is 3.13. The summed E-state index contributed by atoms with van der Waals surface area (Å²) in [5, 5.41) is 21.1. The first kappa shape index (κ1) is 14.7. The van der Waals surface area contributed by atoms with Crippen LogP contribution in [0.25, 0.3) is 0 Å². The van der Waals surface area contributed by atoms with Gasteiger partial charge in [-0.25, -0.2) is 9.59 Å². The van der Waals surface area contributed by atoms with Crippen molar-refractivity contribution in [1.82, 2.24) is 15.1 Å². The van der Waals surface area contributed by atoms with Crippen molar-refractivity contribution in [3.63, 3.8) is 0 Å². The number of rotatable bonds is 5. The number of amides is 2. The van der Waals surface area contributed by atoms with Crippen LogP contribution in [0.2, 0.25) is 0 Å². The van der Waals surface area contributed by atoms with E-state index in [0.29, 0.717) is 13.1 Å². The molecule has 104 valence electrons. The predicted molar refractivity (Wildman–Crippen MR) is 65.3 cm³/mol. The molecule has 18 heavy (non-hydrogen) atoms. The Hall–Kier alpha value is -1.34. The Bertz CT molecular complexity index is 311. The molecular formula is C11H21N3O4. The molecule has 1 saturated heterocycles. The van der Waals surface area contributed by atoms with Gasteiger partial charge in [-0.1, -0.05) is 6.92 Å². The molecule has 2 amide bonds. The highest BCUT2D eigenvalue weighted by Crippen LogP contribution is 2.17. The van der Waals surface area contributed by atoms with Crippen LogP contribution in [0.15, 0.2) is 0 Å². The SMILES string of the molecule is CCN(C)CCNC(=O)N1C[C@H](O)C[C@@H]1C(=O)O. The van der Waals surface area contributed by atoms with Crippen molar-refractivity contribution < 1.29 is 19.8 Å². The average Bonchev–Trinajstić information content (AvgIpc) is 2.71. The number of aliphatic carboxylic acids is 1. The van der Waals surface area contributed by atoms with Gasteiger partial charge < -0.3 is 25.3 Å². The lowest BCUT2D eigenvalue weighted by Gasteiger charge is -2.22. The molecule has 2 atom stereocenters. The van der Waals surface area contributed by atoms with Gasteiger partial charge in [0, 0.05) is 26.1 Å². The molecule has 0 saturated carbocycles. The van der Waals surface area contributed by atoms with Gasteiger partial charge in [0.05, 0.1) is 6.10 Å². The van der Waals surface area contributed by atoms with Crippen molar-refractivity contribution in [1.29, 1.82) is 0 Å². The summed E-state index contributed by atoms with van der Waals surface area (Å²) in [7, 11) is 1.94. The number of urea groups is 1. The molecule has 0 radical (unpaired) electrons. The maximum absolute atomic E-state index is 11.8. The van der Waals surface area contributed by atoms with E-state index in [0.717, 1.165) is 6.54 Å². The largest absolute Gasteiger partial charge is 0.480 e. The molecule has 1 aliphatic rings. The Morgan fingerprint density at radius 2 is 2.17 bits per heavy atom. The molecule has 0 spiro atoms. The van der Waals surface area contributed by atoms with Crippen LogP contribution in [-0.2, 0) is 4.79 Å². The van der Waals surface area contributed by atoms with Crippen molar-refractivity contribution in [2.24, 2.45) is 0 Å². The lowest BCUT2D eigenvalue weighted by molar-refractivity contribution is -0.141. The van der Waals surface area contributed by atoms with E-state index in [9.17, 15) is 14.7 Å². The Kier molecular flexibility index (Phi) is 5.36. The Morgan fingerprint density at radius 3 is 2.72 bits per heavy atom. The van der Waals surface area contributed by atoms with Crippen LogP contribution in [0.1, 0.15) is 13.3 Å². The Balaban J connectivity index is 2.43. The lowest BCUT2D eigenvalue weighted by Crippen LogP contribution is -2.47. The maximum Gasteiger partial charge on any atom is 0.326 e. The number of hydrogen-bond acceptors (Lipinski definition) is 4. The molecule has 1 heterocycles. The zero-order valence-electron chi connectivity index (χ0n) is 10.8. The molecule has 3 N–H and O–H groups in total. The molecule has 0 aromatic heterocycles. The molecule has 0 aliphatic carbocycles. The van der Waals surface area contributed by atoms with Gasteiger partial charge in [-0.15, -0.1) is 0 Å². The monoisotopic (exact) mass is 259 g/mol. The number of aliphatic hydroxyl groups excluding tert-OH is 1. The Labute approximate surface area is 106 Å². The normalized spacial score (nSPS) is 23.4. The van der Waals surface area contributed by atoms with Crippen molar-refractivity contribution in [2.45, 2.75) is 25.5 Å². The number of likely N-dealkylation sites (tertiary alicyclic amines) is 1.